The SMILES string of the molecule is CCOC(=O)C(CCCCCCn1c(=O)oc2ccccc2c1=O)C(=O)OCC. The minimum absolute atomic E-state index is 0.206. The van der Waals surface area contributed by atoms with Gasteiger partial charge >= 0.3 is 17.7 Å². The molecule has 8 heteroatoms. The predicted octanol–water partition coefficient (Wildman–Crippen LogP) is 2.65. The van der Waals surface area contributed by atoms with Crippen molar-refractivity contribution in [2.75, 3.05) is 13.2 Å². The van der Waals surface area contributed by atoms with Crippen molar-refractivity contribution in [1.29, 1.82) is 0 Å². The van der Waals surface area contributed by atoms with Crippen molar-refractivity contribution in [2.45, 2.75) is 52.5 Å². The molecule has 0 spiro atoms. The summed E-state index contributed by atoms with van der Waals surface area (Å²) in [6, 6.07) is 6.64. The van der Waals surface area contributed by atoms with Gasteiger partial charge in [0.25, 0.3) is 5.56 Å². The smallest absolute Gasteiger partial charge is 0.422 e. The average Bonchev–Trinajstić information content (AvgIpc) is 2.69. The van der Waals surface area contributed by atoms with Crippen LogP contribution in [0.4, 0.5) is 0 Å². The maximum Gasteiger partial charge on any atom is 0.422 e. The summed E-state index contributed by atoms with van der Waals surface area (Å²) in [5.74, 6) is -2.71. The fraction of sp³-hybridized carbons (Fsp3) is 0.524. The summed E-state index contributed by atoms with van der Waals surface area (Å²) < 4.78 is 16.2. The zero-order chi connectivity index (χ0) is 21.2. The number of para-hydroxylation sites is 1. The maximum atomic E-state index is 12.4. The second kappa shape index (κ2) is 11.2. The van der Waals surface area contributed by atoms with E-state index in [1.807, 2.05) is 0 Å². The third-order valence-corrected chi connectivity index (χ3v) is 4.55. The molecule has 29 heavy (non-hydrogen) atoms. The van der Waals surface area contributed by atoms with Gasteiger partial charge in [-0.1, -0.05) is 31.4 Å². The van der Waals surface area contributed by atoms with E-state index < -0.39 is 23.6 Å². The van der Waals surface area contributed by atoms with E-state index >= 15 is 0 Å². The number of carbonyl (C=O) groups excluding carboxylic acids is 2. The molecule has 1 aromatic heterocycles. The molecule has 158 valence electrons. The van der Waals surface area contributed by atoms with Crippen LogP contribution < -0.4 is 11.3 Å². The highest BCUT2D eigenvalue weighted by molar-refractivity contribution is 5.94. The van der Waals surface area contributed by atoms with E-state index in [2.05, 4.69) is 0 Å². The molecule has 0 saturated carbocycles. The molecule has 0 aliphatic heterocycles. The van der Waals surface area contributed by atoms with Gasteiger partial charge in [0.2, 0.25) is 0 Å². The summed E-state index contributed by atoms with van der Waals surface area (Å²) in [7, 11) is 0. The molecule has 0 aliphatic rings. The lowest BCUT2D eigenvalue weighted by molar-refractivity contribution is -0.161. The lowest BCUT2D eigenvalue weighted by Gasteiger charge is -2.14. The van der Waals surface area contributed by atoms with Crippen molar-refractivity contribution in [3.05, 3.63) is 45.2 Å². The molecule has 2 rings (SSSR count). The summed E-state index contributed by atoms with van der Waals surface area (Å²) in [5.41, 5.74) is -0.0794. The molecule has 0 fully saturated rings. The van der Waals surface area contributed by atoms with E-state index in [9.17, 15) is 19.2 Å². The average molecular weight is 405 g/mol. The van der Waals surface area contributed by atoms with Gasteiger partial charge in [-0.15, -0.1) is 0 Å². The van der Waals surface area contributed by atoms with E-state index in [-0.39, 0.29) is 30.9 Å². The number of unbranched alkanes of at least 4 members (excludes halogenated alkanes) is 3. The van der Waals surface area contributed by atoms with Crippen molar-refractivity contribution in [2.24, 2.45) is 5.92 Å². The van der Waals surface area contributed by atoms with Crippen LogP contribution in [0.1, 0.15) is 46.0 Å². The summed E-state index contributed by atoms with van der Waals surface area (Å²) in [5, 5.41) is 0.374. The molecule has 0 bridgehead atoms. The van der Waals surface area contributed by atoms with Crippen LogP contribution in [-0.4, -0.2) is 29.7 Å². The van der Waals surface area contributed by atoms with Crippen LogP contribution >= 0.6 is 0 Å². The number of esters is 2. The molecule has 8 nitrogen and oxygen atoms in total. The Balaban J connectivity index is 1.85. The Morgan fingerprint density at radius 2 is 1.59 bits per heavy atom. The highest BCUT2D eigenvalue weighted by atomic mass is 16.6. The third kappa shape index (κ3) is 6.04. The molecule has 0 aliphatic carbocycles. The summed E-state index contributed by atoms with van der Waals surface area (Å²) in [6.45, 7) is 4.04. The molecule has 1 aromatic carbocycles. The van der Waals surface area contributed by atoms with Gasteiger partial charge in [-0.25, -0.2) is 9.36 Å². The van der Waals surface area contributed by atoms with Crippen molar-refractivity contribution >= 4 is 22.9 Å². The van der Waals surface area contributed by atoms with Crippen LogP contribution in [0.2, 0.25) is 0 Å². The number of benzene rings is 1. The summed E-state index contributed by atoms with van der Waals surface area (Å²) in [4.78, 5) is 48.3. The highest BCUT2D eigenvalue weighted by Crippen LogP contribution is 2.15. The molecule has 0 atom stereocenters. The fourth-order valence-electron chi connectivity index (χ4n) is 3.09. The van der Waals surface area contributed by atoms with E-state index in [0.29, 0.717) is 24.6 Å². The first-order valence-electron chi connectivity index (χ1n) is 9.95. The zero-order valence-corrected chi connectivity index (χ0v) is 16.8. The largest absolute Gasteiger partial charge is 0.465 e. The Bertz CT molecular complexity index is 926. The summed E-state index contributed by atoms with van der Waals surface area (Å²) in [6.07, 6.45) is 3.05. The standard InChI is InChI=1S/C21H27NO7/c1-3-27-19(24)16(20(25)28-4-2)12-7-5-6-10-14-22-18(23)15-11-8-9-13-17(15)29-21(22)26/h8-9,11,13,16H,3-7,10,12,14H2,1-2H3. The minimum Gasteiger partial charge on any atom is -0.465 e. The molecule has 0 amide bonds. The topological polar surface area (TPSA) is 105 Å². The first-order chi connectivity index (χ1) is 14.0. The van der Waals surface area contributed by atoms with Gasteiger partial charge in [-0.05, 0) is 38.8 Å². The van der Waals surface area contributed by atoms with Crippen LogP contribution in [-0.2, 0) is 25.6 Å². The van der Waals surface area contributed by atoms with Gasteiger partial charge in [-0.3, -0.25) is 14.4 Å². The number of ether oxygens (including phenoxy) is 2. The number of carbonyl (C=O) groups is 2. The number of rotatable bonds is 11. The van der Waals surface area contributed by atoms with Crippen molar-refractivity contribution < 1.29 is 23.5 Å². The number of nitrogens with zero attached hydrogens (tertiary/aromatic N) is 1. The van der Waals surface area contributed by atoms with Crippen molar-refractivity contribution in [1.82, 2.24) is 4.57 Å². The van der Waals surface area contributed by atoms with Crippen molar-refractivity contribution in [3.8, 4) is 0 Å². The minimum atomic E-state index is -0.912. The number of hydrogen-bond acceptors (Lipinski definition) is 7. The van der Waals surface area contributed by atoms with Gasteiger partial charge in [-0.2, -0.15) is 0 Å². The van der Waals surface area contributed by atoms with Crippen LogP contribution in [0, 0.1) is 5.92 Å². The van der Waals surface area contributed by atoms with E-state index in [0.717, 1.165) is 17.4 Å². The first-order valence-corrected chi connectivity index (χ1v) is 9.95. The highest BCUT2D eigenvalue weighted by Gasteiger charge is 2.28. The van der Waals surface area contributed by atoms with Gasteiger partial charge in [0.05, 0.1) is 18.6 Å². The van der Waals surface area contributed by atoms with Gasteiger partial charge < -0.3 is 13.9 Å². The second-order valence-corrected chi connectivity index (χ2v) is 6.58. The number of fused-ring (bicyclic) bond motifs is 1. The summed E-state index contributed by atoms with van der Waals surface area (Å²) >= 11 is 0. The molecule has 1 heterocycles. The quantitative estimate of drug-likeness (QED) is 0.321. The van der Waals surface area contributed by atoms with Crippen LogP contribution in [0.15, 0.2) is 38.3 Å². The Labute approximate surface area is 168 Å². The number of aromatic nitrogens is 1. The lowest BCUT2D eigenvalue weighted by Crippen LogP contribution is -2.32. The Kier molecular flexibility index (Phi) is 8.64. The maximum absolute atomic E-state index is 12.4. The van der Waals surface area contributed by atoms with E-state index in [1.165, 1.54) is 0 Å². The Morgan fingerprint density at radius 1 is 0.966 bits per heavy atom. The van der Waals surface area contributed by atoms with E-state index in [1.54, 1.807) is 38.1 Å². The Hall–Kier alpha value is -2.90. The molecule has 0 radical (unpaired) electrons. The lowest BCUT2D eigenvalue weighted by atomic mass is 10.0. The molecule has 0 saturated heterocycles. The van der Waals surface area contributed by atoms with E-state index in [4.69, 9.17) is 13.9 Å². The molecular formula is C21H27NO7. The molecule has 0 unspecified atom stereocenters. The van der Waals surface area contributed by atoms with Crippen LogP contribution in [0.25, 0.3) is 11.0 Å². The Morgan fingerprint density at radius 3 is 2.24 bits per heavy atom. The molecule has 2 aromatic rings. The van der Waals surface area contributed by atoms with Gasteiger partial charge in [0, 0.05) is 6.54 Å². The number of hydrogen-bond donors (Lipinski definition) is 0. The first kappa shape index (κ1) is 22.4. The predicted molar refractivity (Wildman–Crippen MR) is 107 cm³/mol. The van der Waals surface area contributed by atoms with Gasteiger partial charge in [0.1, 0.15) is 5.58 Å². The zero-order valence-electron chi connectivity index (χ0n) is 16.8. The molecular weight excluding hydrogens is 378 g/mol. The normalized spacial score (nSPS) is 11.0. The van der Waals surface area contributed by atoms with Crippen LogP contribution in [0.3, 0.4) is 0 Å². The van der Waals surface area contributed by atoms with Crippen LogP contribution in [0.5, 0.6) is 0 Å². The monoisotopic (exact) mass is 405 g/mol. The second-order valence-electron chi connectivity index (χ2n) is 6.58. The van der Waals surface area contributed by atoms with Gasteiger partial charge in [0.15, 0.2) is 5.92 Å². The van der Waals surface area contributed by atoms with Crippen molar-refractivity contribution in [3.63, 3.8) is 0 Å². The molecule has 0 N–H and O–H groups in total. The third-order valence-electron chi connectivity index (χ3n) is 4.55. The fourth-order valence-corrected chi connectivity index (χ4v) is 3.09.